The molecule has 0 fully saturated rings. The third-order valence-corrected chi connectivity index (χ3v) is 4.40. The lowest BCUT2D eigenvalue weighted by Gasteiger charge is -2.10. The molecular formula is C21H16ClN3O2. The number of rotatable bonds is 4. The van der Waals surface area contributed by atoms with Crippen molar-refractivity contribution >= 4 is 17.3 Å². The summed E-state index contributed by atoms with van der Waals surface area (Å²) >= 11 is 6.14. The first kappa shape index (κ1) is 17.1. The van der Waals surface area contributed by atoms with E-state index in [2.05, 4.69) is 10.2 Å². The zero-order valence-electron chi connectivity index (χ0n) is 14.5. The molecular weight excluding hydrogens is 362 g/mol. The maximum absolute atomic E-state index is 6.14. The molecule has 6 heteroatoms. The van der Waals surface area contributed by atoms with Crippen molar-refractivity contribution in [2.75, 3.05) is 12.8 Å². The van der Waals surface area contributed by atoms with E-state index in [4.69, 9.17) is 26.5 Å². The van der Waals surface area contributed by atoms with Gasteiger partial charge in [0.15, 0.2) is 0 Å². The maximum Gasteiger partial charge on any atom is 0.248 e. The van der Waals surface area contributed by atoms with Crippen LogP contribution in [0.25, 0.3) is 34.0 Å². The molecule has 4 rings (SSSR count). The van der Waals surface area contributed by atoms with Crippen molar-refractivity contribution < 1.29 is 9.15 Å². The van der Waals surface area contributed by atoms with E-state index in [-0.39, 0.29) is 0 Å². The molecule has 134 valence electrons. The fraction of sp³-hybridized carbons (Fsp3) is 0.0476. The molecule has 0 amide bonds. The Hall–Kier alpha value is -3.31. The molecule has 0 radical (unpaired) electrons. The van der Waals surface area contributed by atoms with Crippen molar-refractivity contribution in [1.82, 2.24) is 10.2 Å². The molecule has 0 spiro atoms. The highest BCUT2D eigenvalue weighted by atomic mass is 35.5. The van der Waals surface area contributed by atoms with Crippen molar-refractivity contribution in [2.45, 2.75) is 0 Å². The number of hydrogen-bond donors (Lipinski definition) is 1. The number of methoxy groups -OCH3 is 1. The molecule has 0 saturated heterocycles. The van der Waals surface area contributed by atoms with Gasteiger partial charge in [0.2, 0.25) is 11.8 Å². The van der Waals surface area contributed by atoms with Crippen LogP contribution in [0.1, 0.15) is 0 Å². The predicted molar refractivity (Wildman–Crippen MR) is 107 cm³/mol. The third kappa shape index (κ3) is 3.50. The van der Waals surface area contributed by atoms with Crippen molar-refractivity contribution in [3.05, 3.63) is 71.8 Å². The third-order valence-electron chi connectivity index (χ3n) is 4.16. The molecule has 0 aliphatic rings. The Morgan fingerprint density at radius 1 is 0.852 bits per heavy atom. The Kier molecular flexibility index (Phi) is 4.52. The minimum absolute atomic E-state index is 0.424. The minimum Gasteiger partial charge on any atom is -0.496 e. The second kappa shape index (κ2) is 7.13. The van der Waals surface area contributed by atoms with Crippen LogP contribution in [0.15, 0.2) is 71.1 Å². The normalized spacial score (nSPS) is 10.7. The van der Waals surface area contributed by atoms with Crippen LogP contribution in [-0.4, -0.2) is 17.3 Å². The first-order valence-corrected chi connectivity index (χ1v) is 8.65. The Morgan fingerprint density at radius 2 is 1.56 bits per heavy atom. The van der Waals surface area contributed by atoms with Gasteiger partial charge in [0.25, 0.3) is 0 Å². The van der Waals surface area contributed by atoms with Gasteiger partial charge in [0, 0.05) is 27.4 Å². The minimum atomic E-state index is 0.424. The molecule has 2 N–H and O–H groups in total. The van der Waals surface area contributed by atoms with Crippen molar-refractivity contribution in [1.29, 1.82) is 0 Å². The number of nitrogens with zero attached hydrogens (tertiary/aromatic N) is 2. The zero-order chi connectivity index (χ0) is 18.8. The van der Waals surface area contributed by atoms with E-state index in [1.165, 1.54) is 0 Å². The number of nitrogen functional groups attached to an aromatic ring is 1. The lowest BCUT2D eigenvalue weighted by Crippen LogP contribution is -1.89. The summed E-state index contributed by atoms with van der Waals surface area (Å²) in [4.78, 5) is 0. The fourth-order valence-electron chi connectivity index (χ4n) is 2.80. The molecule has 4 aromatic rings. The summed E-state index contributed by atoms with van der Waals surface area (Å²) in [6, 6.07) is 20.6. The quantitative estimate of drug-likeness (QED) is 0.487. The van der Waals surface area contributed by atoms with E-state index in [9.17, 15) is 0 Å². The number of benzene rings is 3. The summed E-state index contributed by atoms with van der Waals surface area (Å²) in [5.41, 5.74) is 9.84. The standard InChI is InChI=1S/C21H16ClN3O2/c1-26-19-10-7-15(12-18(19)14-3-2-4-16(22)11-14)21-25-24-20(27-21)13-5-8-17(23)9-6-13/h2-12H,23H2,1H3. The van der Waals surface area contributed by atoms with E-state index >= 15 is 0 Å². The molecule has 1 heterocycles. The van der Waals surface area contributed by atoms with Gasteiger partial charge in [-0.3, -0.25) is 0 Å². The highest BCUT2D eigenvalue weighted by molar-refractivity contribution is 6.30. The number of aromatic nitrogens is 2. The molecule has 3 aromatic carbocycles. The van der Waals surface area contributed by atoms with Crippen LogP contribution in [0.2, 0.25) is 5.02 Å². The largest absolute Gasteiger partial charge is 0.496 e. The SMILES string of the molecule is COc1ccc(-c2nnc(-c3ccc(N)cc3)o2)cc1-c1cccc(Cl)c1. The van der Waals surface area contributed by atoms with Gasteiger partial charge in [-0.25, -0.2) is 0 Å². The van der Waals surface area contributed by atoms with Crippen molar-refractivity contribution in [2.24, 2.45) is 0 Å². The first-order chi connectivity index (χ1) is 13.1. The van der Waals surface area contributed by atoms with Crippen molar-refractivity contribution in [3.63, 3.8) is 0 Å². The molecule has 0 saturated carbocycles. The van der Waals surface area contributed by atoms with Gasteiger partial charge in [-0.1, -0.05) is 23.7 Å². The van der Waals surface area contributed by atoms with Crippen LogP contribution in [0, 0.1) is 0 Å². The molecule has 27 heavy (non-hydrogen) atoms. The average Bonchev–Trinajstić information content (AvgIpc) is 3.18. The maximum atomic E-state index is 6.14. The van der Waals surface area contributed by atoms with E-state index in [1.807, 2.05) is 54.6 Å². The van der Waals surface area contributed by atoms with Crippen LogP contribution >= 0.6 is 11.6 Å². The number of halogens is 1. The van der Waals surface area contributed by atoms with Crippen LogP contribution in [0.5, 0.6) is 5.75 Å². The molecule has 0 aliphatic carbocycles. The van der Waals surface area contributed by atoms with Gasteiger partial charge in [0.1, 0.15) is 5.75 Å². The van der Waals surface area contributed by atoms with Gasteiger partial charge in [-0.2, -0.15) is 0 Å². The summed E-state index contributed by atoms with van der Waals surface area (Å²) < 4.78 is 11.3. The topological polar surface area (TPSA) is 74.2 Å². The number of anilines is 1. The predicted octanol–water partition coefficient (Wildman–Crippen LogP) is 5.31. The number of hydrogen-bond acceptors (Lipinski definition) is 5. The average molecular weight is 378 g/mol. The van der Waals surface area contributed by atoms with Gasteiger partial charge in [-0.05, 0) is 60.2 Å². The summed E-state index contributed by atoms with van der Waals surface area (Å²) in [6.45, 7) is 0. The second-order valence-electron chi connectivity index (χ2n) is 5.96. The molecule has 0 unspecified atom stereocenters. The summed E-state index contributed by atoms with van der Waals surface area (Å²) in [6.07, 6.45) is 0. The van der Waals surface area contributed by atoms with E-state index in [0.717, 1.165) is 28.0 Å². The summed E-state index contributed by atoms with van der Waals surface area (Å²) in [5, 5.41) is 8.98. The molecule has 0 aliphatic heterocycles. The lowest BCUT2D eigenvalue weighted by atomic mass is 10.0. The summed E-state index contributed by atoms with van der Waals surface area (Å²) in [7, 11) is 1.63. The Morgan fingerprint density at radius 3 is 2.26 bits per heavy atom. The smallest absolute Gasteiger partial charge is 0.248 e. The van der Waals surface area contributed by atoms with Crippen LogP contribution in [0.3, 0.4) is 0 Å². The van der Waals surface area contributed by atoms with E-state index < -0.39 is 0 Å². The van der Waals surface area contributed by atoms with E-state index in [1.54, 1.807) is 19.2 Å². The number of ether oxygens (including phenoxy) is 1. The monoisotopic (exact) mass is 377 g/mol. The lowest BCUT2D eigenvalue weighted by molar-refractivity contribution is 0.416. The van der Waals surface area contributed by atoms with Crippen molar-refractivity contribution in [3.8, 4) is 39.8 Å². The fourth-order valence-corrected chi connectivity index (χ4v) is 3.00. The molecule has 5 nitrogen and oxygen atoms in total. The van der Waals surface area contributed by atoms with Gasteiger partial charge in [-0.15, -0.1) is 10.2 Å². The van der Waals surface area contributed by atoms with Gasteiger partial charge >= 0.3 is 0 Å². The molecule has 0 bridgehead atoms. The summed E-state index contributed by atoms with van der Waals surface area (Å²) in [5.74, 6) is 1.59. The van der Waals surface area contributed by atoms with E-state index in [0.29, 0.717) is 22.5 Å². The Balaban J connectivity index is 1.75. The Labute approximate surface area is 161 Å². The Bertz CT molecular complexity index is 1090. The highest BCUT2D eigenvalue weighted by Crippen LogP contribution is 2.35. The van der Waals surface area contributed by atoms with Crippen LogP contribution < -0.4 is 10.5 Å². The molecule has 1 aromatic heterocycles. The van der Waals surface area contributed by atoms with Gasteiger partial charge < -0.3 is 14.9 Å². The first-order valence-electron chi connectivity index (χ1n) is 8.28. The van der Waals surface area contributed by atoms with Gasteiger partial charge in [0.05, 0.1) is 7.11 Å². The zero-order valence-corrected chi connectivity index (χ0v) is 15.3. The van der Waals surface area contributed by atoms with Crippen LogP contribution in [0.4, 0.5) is 5.69 Å². The highest BCUT2D eigenvalue weighted by Gasteiger charge is 2.14. The number of nitrogens with two attached hydrogens (primary N) is 1. The van der Waals surface area contributed by atoms with Crippen LogP contribution in [-0.2, 0) is 0 Å². The second-order valence-corrected chi connectivity index (χ2v) is 6.40. The molecule has 0 atom stereocenters.